The van der Waals surface area contributed by atoms with Gasteiger partial charge < -0.3 is 16.0 Å². The topological polar surface area (TPSA) is 110 Å². The molecule has 0 aliphatic heterocycles. The Morgan fingerprint density at radius 2 is 1.97 bits per heavy atom. The number of fused-ring (bicyclic) bond motifs is 3. The van der Waals surface area contributed by atoms with Gasteiger partial charge in [-0.3, -0.25) is 9.78 Å². The molecule has 0 aromatic carbocycles. The minimum Gasteiger partial charge on any atom is -0.378 e. The van der Waals surface area contributed by atoms with E-state index in [1.54, 1.807) is 6.20 Å². The average Bonchev–Trinajstić information content (AvgIpc) is 3.43. The molecule has 2 bridgehead atoms. The number of nitrogens with one attached hydrogen (secondary N) is 2. The maximum absolute atomic E-state index is 12.8. The number of alkyl halides is 3. The van der Waals surface area contributed by atoms with Crippen molar-refractivity contribution in [1.29, 1.82) is 0 Å². The van der Waals surface area contributed by atoms with Crippen molar-refractivity contribution in [2.24, 2.45) is 23.5 Å². The Balaban J connectivity index is 1.51. The fourth-order valence-corrected chi connectivity index (χ4v) is 4.90. The number of carbonyl (C=O) groups excluding carboxylic acids is 1. The molecule has 2 aliphatic carbocycles. The first-order valence-corrected chi connectivity index (χ1v) is 10.3. The van der Waals surface area contributed by atoms with E-state index in [9.17, 15) is 18.0 Å². The Labute approximate surface area is 182 Å². The van der Waals surface area contributed by atoms with E-state index in [0.717, 1.165) is 18.7 Å². The highest BCUT2D eigenvalue weighted by molar-refractivity contribution is 9.10. The molecule has 4 atom stereocenters. The van der Waals surface area contributed by atoms with Crippen LogP contribution in [0.15, 0.2) is 41.2 Å². The minimum atomic E-state index is -4.51. The van der Waals surface area contributed by atoms with Crippen molar-refractivity contribution in [2.75, 3.05) is 5.32 Å². The smallest absolute Gasteiger partial charge is 0.378 e. The first-order chi connectivity index (χ1) is 14.7. The first-order valence-electron chi connectivity index (χ1n) is 9.54. The summed E-state index contributed by atoms with van der Waals surface area (Å²) in [5, 5.41) is 3.43. The number of hydrogen-bond acceptors (Lipinski definition) is 5. The van der Waals surface area contributed by atoms with Crippen LogP contribution in [0.25, 0.3) is 22.6 Å². The normalized spacial score (nSPS) is 24.8. The number of carbonyl (C=O) groups is 1. The lowest BCUT2D eigenvalue weighted by Gasteiger charge is -2.28. The molecule has 4 N–H and O–H groups in total. The summed E-state index contributed by atoms with van der Waals surface area (Å²) in [7, 11) is 0. The van der Waals surface area contributed by atoms with Crippen molar-refractivity contribution in [1.82, 2.24) is 19.9 Å². The Morgan fingerprint density at radius 3 is 2.65 bits per heavy atom. The van der Waals surface area contributed by atoms with Crippen LogP contribution in [0, 0.1) is 17.8 Å². The highest BCUT2D eigenvalue weighted by atomic mass is 79.9. The third kappa shape index (κ3) is 3.36. The van der Waals surface area contributed by atoms with E-state index in [0.29, 0.717) is 32.7 Å². The van der Waals surface area contributed by atoms with Gasteiger partial charge in [0.1, 0.15) is 17.0 Å². The first kappa shape index (κ1) is 20.0. The van der Waals surface area contributed by atoms with Crippen LogP contribution in [0.3, 0.4) is 0 Å². The number of allylic oxidation sites excluding steroid dienone is 1. The number of rotatable bonds is 4. The van der Waals surface area contributed by atoms with Crippen LogP contribution in [0.2, 0.25) is 0 Å². The van der Waals surface area contributed by atoms with Gasteiger partial charge in [-0.05, 0) is 46.3 Å². The van der Waals surface area contributed by atoms with Gasteiger partial charge in [-0.25, -0.2) is 9.97 Å². The predicted octanol–water partition coefficient (Wildman–Crippen LogP) is 3.89. The number of amides is 1. The van der Waals surface area contributed by atoms with Gasteiger partial charge in [0.25, 0.3) is 0 Å². The van der Waals surface area contributed by atoms with Crippen LogP contribution < -0.4 is 11.1 Å². The van der Waals surface area contributed by atoms with Gasteiger partial charge in [0, 0.05) is 24.0 Å². The third-order valence-electron chi connectivity index (χ3n) is 5.90. The third-order valence-corrected chi connectivity index (χ3v) is 6.50. The van der Waals surface area contributed by atoms with Crippen LogP contribution in [0.4, 0.5) is 18.9 Å². The summed E-state index contributed by atoms with van der Waals surface area (Å²) < 4.78 is 39.0. The quantitative estimate of drug-likeness (QED) is 0.478. The number of hydrogen-bond donors (Lipinski definition) is 3. The Hall–Kier alpha value is -2.95. The summed E-state index contributed by atoms with van der Waals surface area (Å²) in [6.45, 7) is 0. The molecule has 3 heterocycles. The van der Waals surface area contributed by atoms with Crippen molar-refractivity contribution >= 4 is 38.7 Å². The number of nitrogens with zero attached hydrogens (tertiary/aromatic N) is 3. The molecule has 0 unspecified atom stereocenters. The minimum absolute atomic E-state index is 0.117. The molecule has 7 nitrogen and oxygen atoms in total. The number of pyridine rings is 2. The van der Waals surface area contributed by atoms with Gasteiger partial charge in [0.05, 0.1) is 16.1 Å². The Kier molecular flexibility index (Phi) is 4.54. The van der Waals surface area contributed by atoms with Crippen LogP contribution in [0.1, 0.15) is 12.1 Å². The van der Waals surface area contributed by atoms with E-state index in [1.807, 2.05) is 6.08 Å². The number of anilines is 1. The van der Waals surface area contributed by atoms with Crippen LogP contribution in [-0.4, -0.2) is 31.9 Å². The Bertz CT molecular complexity index is 1210. The van der Waals surface area contributed by atoms with Crippen molar-refractivity contribution in [3.63, 3.8) is 0 Å². The zero-order chi connectivity index (χ0) is 21.9. The largest absolute Gasteiger partial charge is 0.433 e. The summed E-state index contributed by atoms with van der Waals surface area (Å²) >= 11 is 3.49. The second-order valence-corrected chi connectivity index (χ2v) is 8.60. The van der Waals surface area contributed by atoms with Crippen LogP contribution in [-0.2, 0) is 11.0 Å². The lowest BCUT2D eigenvalue weighted by molar-refractivity contribution is -0.141. The lowest BCUT2D eigenvalue weighted by Crippen LogP contribution is -2.41. The number of nitrogens with two attached hydrogens (primary N) is 1. The van der Waals surface area contributed by atoms with E-state index in [2.05, 4.69) is 47.3 Å². The number of primary amides is 1. The van der Waals surface area contributed by atoms with Gasteiger partial charge in [-0.15, -0.1) is 0 Å². The van der Waals surface area contributed by atoms with E-state index >= 15 is 0 Å². The monoisotopic (exact) mass is 492 g/mol. The average molecular weight is 493 g/mol. The Morgan fingerprint density at radius 1 is 1.19 bits per heavy atom. The molecular formula is C20H16BrF3N6O. The SMILES string of the molecule is NC(=O)[C@@H]1[C@H](Nc2c(Br)cnc3nc(-c4ccc(C(F)(F)F)nc4)[nH]c23)[C@@H]2C=C[C@@H]1C2. The van der Waals surface area contributed by atoms with Gasteiger partial charge in [0.2, 0.25) is 5.91 Å². The van der Waals surface area contributed by atoms with Gasteiger partial charge >= 0.3 is 6.18 Å². The highest BCUT2D eigenvalue weighted by Gasteiger charge is 2.47. The molecule has 5 rings (SSSR count). The number of imidazole rings is 1. The number of aromatic amines is 1. The summed E-state index contributed by atoms with van der Waals surface area (Å²) in [5.41, 5.74) is 6.70. The molecular weight excluding hydrogens is 477 g/mol. The summed E-state index contributed by atoms with van der Waals surface area (Å²) in [6.07, 6.45) is 3.20. The fraction of sp³-hybridized carbons (Fsp3) is 0.300. The maximum atomic E-state index is 12.8. The zero-order valence-electron chi connectivity index (χ0n) is 15.8. The van der Waals surface area contributed by atoms with E-state index in [1.165, 1.54) is 6.07 Å². The van der Waals surface area contributed by atoms with Crippen molar-refractivity contribution < 1.29 is 18.0 Å². The fourth-order valence-electron chi connectivity index (χ4n) is 4.49. The molecule has 3 aromatic rings. The standard InChI is InChI=1S/C20H16BrF3N6O/c21-11-7-27-19-16(15(11)28-14-9-2-1-8(5-9)13(14)17(25)31)29-18(30-19)10-3-4-12(26-6-10)20(22,23)24/h1-4,6-9,13-14H,5H2,(H2,25,31)(H2,27,28,29,30)/t8-,9-,13+,14-/m1/s1. The molecule has 11 heteroatoms. The summed E-state index contributed by atoms with van der Waals surface area (Å²) in [5.74, 6) is -0.0431. The van der Waals surface area contributed by atoms with Gasteiger partial charge in [0.15, 0.2) is 5.65 Å². The number of halogens is 4. The molecule has 3 aromatic heterocycles. The van der Waals surface area contributed by atoms with E-state index < -0.39 is 11.9 Å². The summed E-state index contributed by atoms with van der Waals surface area (Å²) in [6, 6.07) is 2.04. The second kappa shape index (κ2) is 7.04. The molecule has 1 amide bonds. The molecule has 0 saturated heterocycles. The zero-order valence-corrected chi connectivity index (χ0v) is 17.4. The van der Waals surface area contributed by atoms with Gasteiger partial charge in [-0.1, -0.05) is 12.2 Å². The number of aromatic nitrogens is 4. The van der Waals surface area contributed by atoms with Gasteiger partial charge in [-0.2, -0.15) is 13.2 Å². The van der Waals surface area contributed by atoms with Crippen molar-refractivity contribution in [2.45, 2.75) is 18.6 Å². The molecule has 2 aliphatic rings. The second-order valence-electron chi connectivity index (χ2n) is 7.74. The molecule has 1 saturated carbocycles. The van der Waals surface area contributed by atoms with Crippen LogP contribution in [0.5, 0.6) is 0 Å². The van der Waals surface area contributed by atoms with E-state index in [4.69, 9.17) is 5.73 Å². The molecule has 31 heavy (non-hydrogen) atoms. The predicted molar refractivity (Wildman–Crippen MR) is 111 cm³/mol. The summed E-state index contributed by atoms with van der Waals surface area (Å²) in [4.78, 5) is 27.3. The molecule has 1 fully saturated rings. The van der Waals surface area contributed by atoms with E-state index in [-0.39, 0.29) is 29.7 Å². The maximum Gasteiger partial charge on any atom is 0.433 e. The lowest BCUT2D eigenvalue weighted by atomic mass is 9.88. The highest BCUT2D eigenvalue weighted by Crippen LogP contribution is 2.46. The van der Waals surface area contributed by atoms with Crippen molar-refractivity contribution in [3.8, 4) is 11.4 Å². The molecule has 0 spiro atoms. The number of H-pyrrole nitrogens is 1. The molecule has 160 valence electrons. The molecule has 0 radical (unpaired) electrons. The van der Waals surface area contributed by atoms with Crippen LogP contribution >= 0.6 is 15.9 Å². The van der Waals surface area contributed by atoms with Crippen molar-refractivity contribution in [3.05, 3.63) is 46.8 Å².